The Labute approximate surface area is 218 Å². The fraction of sp³-hybridized carbons (Fsp3) is 0.857. The normalized spacial score (nSPS) is 49.2. The number of hydrogen-bond acceptors (Lipinski definition) is 9. The number of carbonyl (C=O) groups is 2. The van der Waals surface area contributed by atoms with Crippen LogP contribution >= 0.6 is 0 Å². The van der Waals surface area contributed by atoms with Gasteiger partial charge in [-0.15, -0.1) is 0 Å². The maximum atomic E-state index is 12.1. The van der Waals surface area contributed by atoms with Crippen molar-refractivity contribution < 1.29 is 43.9 Å². The first-order valence-corrected chi connectivity index (χ1v) is 13.8. The van der Waals surface area contributed by atoms with E-state index in [1.165, 1.54) is 19.6 Å². The number of hydrogen-bond donors (Lipinski definition) is 3. The van der Waals surface area contributed by atoms with E-state index in [1.54, 1.807) is 0 Å². The van der Waals surface area contributed by atoms with Crippen LogP contribution in [0.5, 0.6) is 0 Å². The predicted molar refractivity (Wildman–Crippen MR) is 131 cm³/mol. The van der Waals surface area contributed by atoms with Gasteiger partial charge in [0.1, 0.15) is 24.4 Å². The molecular formula is C28H42O9. The number of esters is 2. The van der Waals surface area contributed by atoms with E-state index in [9.17, 15) is 24.9 Å². The molecule has 0 spiro atoms. The lowest BCUT2D eigenvalue weighted by atomic mass is 9.48. The van der Waals surface area contributed by atoms with Gasteiger partial charge in [-0.2, -0.15) is 0 Å². The molecule has 4 fully saturated rings. The van der Waals surface area contributed by atoms with E-state index in [0.717, 1.165) is 51.4 Å². The Kier molecular flexibility index (Phi) is 7.24. The van der Waals surface area contributed by atoms with Crippen LogP contribution in [-0.4, -0.2) is 77.3 Å². The van der Waals surface area contributed by atoms with Crippen molar-refractivity contribution in [2.45, 2.75) is 115 Å². The third-order valence-electron chi connectivity index (χ3n) is 10.6. The SMILES string of the molecule is COC(=O)[C@H]1O[C@@H](O[C@H]2CC[C@H]3[C@@H]4CC=C5C[C@@H](OC(C)=O)CC[C@]5(C)[C@H]4CC[C@]23C)[C@H](O)[C@@H](O)[C@@H]1O. The molecule has 0 radical (unpaired) electrons. The zero-order chi connectivity index (χ0) is 26.7. The molecule has 0 aromatic rings. The standard InChI is InChI=1S/C28H42O9/c1-14(29)35-16-9-11-27(2)15(13-16)5-6-17-18-7-8-20(28(18,3)12-10-19(17)27)36-26-23(32)21(30)22(31)24(37-26)25(33)34-4/h5,16-24,26,30-32H,6-13H2,1-4H3/t16-,17-,18-,19-,20-,21-,22-,23+,24-,26+,27-,28-/m0/s1. The maximum absolute atomic E-state index is 12.1. The van der Waals surface area contributed by atoms with Crippen LogP contribution in [0.4, 0.5) is 0 Å². The highest BCUT2D eigenvalue weighted by Gasteiger charge is 2.60. The van der Waals surface area contributed by atoms with Gasteiger partial charge in [0, 0.05) is 13.3 Å². The largest absolute Gasteiger partial charge is 0.467 e. The molecule has 5 aliphatic rings. The molecule has 0 aromatic carbocycles. The van der Waals surface area contributed by atoms with E-state index in [4.69, 9.17) is 18.9 Å². The maximum Gasteiger partial charge on any atom is 0.337 e. The molecular weight excluding hydrogens is 480 g/mol. The molecule has 4 aliphatic carbocycles. The number of aliphatic hydroxyl groups is 3. The molecule has 1 heterocycles. The number of allylic oxidation sites excluding steroid dienone is 1. The Bertz CT molecular complexity index is 935. The minimum Gasteiger partial charge on any atom is -0.467 e. The molecule has 3 N–H and O–H groups in total. The van der Waals surface area contributed by atoms with Crippen molar-refractivity contribution in [1.82, 2.24) is 0 Å². The monoisotopic (exact) mass is 522 g/mol. The summed E-state index contributed by atoms with van der Waals surface area (Å²) < 4.78 is 22.2. The summed E-state index contributed by atoms with van der Waals surface area (Å²) in [5.74, 6) is 0.521. The zero-order valence-electron chi connectivity index (χ0n) is 22.3. The molecule has 9 heteroatoms. The molecule has 12 atom stereocenters. The number of ether oxygens (including phenoxy) is 4. The molecule has 1 saturated heterocycles. The summed E-state index contributed by atoms with van der Waals surface area (Å²) in [4.78, 5) is 23.6. The molecule has 0 aromatic heterocycles. The molecule has 0 amide bonds. The van der Waals surface area contributed by atoms with Gasteiger partial charge in [0.05, 0.1) is 13.2 Å². The van der Waals surface area contributed by atoms with Crippen molar-refractivity contribution in [3.05, 3.63) is 11.6 Å². The summed E-state index contributed by atoms with van der Waals surface area (Å²) in [7, 11) is 1.18. The Hall–Kier alpha value is -1.52. The Balaban J connectivity index is 1.31. The minimum atomic E-state index is -1.59. The molecule has 9 nitrogen and oxygen atoms in total. The van der Waals surface area contributed by atoms with Crippen LogP contribution in [0.15, 0.2) is 11.6 Å². The van der Waals surface area contributed by atoms with Crippen LogP contribution in [-0.2, 0) is 28.5 Å². The van der Waals surface area contributed by atoms with Crippen LogP contribution < -0.4 is 0 Å². The fourth-order valence-corrected chi connectivity index (χ4v) is 8.57. The number of methoxy groups -OCH3 is 1. The van der Waals surface area contributed by atoms with Gasteiger partial charge in [-0.1, -0.05) is 25.5 Å². The van der Waals surface area contributed by atoms with E-state index in [1.807, 2.05) is 0 Å². The summed E-state index contributed by atoms with van der Waals surface area (Å²) >= 11 is 0. The summed E-state index contributed by atoms with van der Waals surface area (Å²) in [5, 5.41) is 31.2. The average Bonchev–Trinajstić information content (AvgIpc) is 3.19. The lowest BCUT2D eigenvalue weighted by Gasteiger charge is -2.58. The highest BCUT2D eigenvalue weighted by Crippen LogP contribution is 2.65. The predicted octanol–water partition coefficient (Wildman–Crippen LogP) is 2.25. The second kappa shape index (κ2) is 9.90. The number of aliphatic hydroxyl groups excluding tert-OH is 3. The average molecular weight is 523 g/mol. The van der Waals surface area contributed by atoms with E-state index in [2.05, 4.69) is 19.9 Å². The number of fused-ring (bicyclic) bond motifs is 5. The topological polar surface area (TPSA) is 132 Å². The van der Waals surface area contributed by atoms with Gasteiger partial charge < -0.3 is 34.3 Å². The van der Waals surface area contributed by atoms with Gasteiger partial charge in [0.2, 0.25) is 0 Å². The highest BCUT2D eigenvalue weighted by molar-refractivity contribution is 5.75. The van der Waals surface area contributed by atoms with E-state index >= 15 is 0 Å². The summed E-state index contributed by atoms with van der Waals surface area (Å²) in [6, 6.07) is 0. The summed E-state index contributed by atoms with van der Waals surface area (Å²) in [5.41, 5.74) is 1.44. The smallest absolute Gasteiger partial charge is 0.337 e. The van der Waals surface area contributed by atoms with Crippen molar-refractivity contribution in [3.8, 4) is 0 Å². The third-order valence-corrected chi connectivity index (χ3v) is 10.6. The van der Waals surface area contributed by atoms with Crippen LogP contribution in [0.3, 0.4) is 0 Å². The molecule has 37 heavy (non-hydrogen) atoms. The van der Waals surface area contributed by atoms with Crippen molar-refractivity contribution in [3.63, 3.8) is 0 Å². The highest BCUT2D eigenvalue weighted by atomic mass is 16.7. The Morgan fingerprint density at radius 3 is 2.46 bits per heavy atom. The lowest BCUT2D eigenvalue weighted by molar-refractivity contribution is -0.313. The summed E-state index contributed by atoms with van der Waals surface area (Å²) in [6.07, 6.45) is 2.53. The number of rotatable bonds is 4. The van der Waals surface area contributed by atoms with Gasteiger partial charge in [0.25, 0.3) is 0 Å². The third kappa shape index (κ3) is 4.44. The van der Waals surface area contributed by atoms with E-state index in [0.29, 0.717) is 17.8 Å². The van der Waals surface area contributed by atoms with Crippen molar-refractivity contribution in [1.29, 1.82) is 0 Å². The number of carbonyl (C=O) groups excluding carboxylic acids is 2. The first-order valence-electron chi connectivity index (χ1n) is 13.8. The molecule has 3 saturated carbocycles. The summed E-state index contributed by atoms with van der Waals surface area (Å²) in [6.45, 7) is 6.15. The fourth-order valence-electron chi connectivity index (χ4n) is 8.57. The molecule has 0 bridgehead atoms. The first-order chi connectivity index (χ1) is 17.5. The Morgan fingerprint density at radius 2 is 1.76 bits per heavy atom. The van der Waals surface area contributed by atoms with Gasteiger partial charge >= 0.3 is 11.9 Å². The van der Waals surface area contributed by atoms with Crippen molar-refractivity contribution >= 4 is 11.9 Å². The zero-order valence-corrected chi connectivity index (χ0v) is 22.3. The van der Waals surface area contributed by atoms with Crippen LogP contribution in [0.2, 0.25) is 0 Å². The van der Waals surface area contributed by atoms with Gasteiger partial charge in [0.15, 0.2) is 12.4 Å². The second-order valence-electron chi connectivity index (χ2n) is 12.4. The molecule has 5 rings (SSSR count). The molecule has 208 valence electrons. The van der Waals surface area contributed by atoms with Crippen LogP contribution in [0, 0.1) is 28.6 Å². The van der Waals surface area contributed by atoms with Crippen molar-refractivity contribution in [2.75, 3.05) is 7.11 Å². The van der Waals surface area contributed by atoms with E-state index < -0.39 is 36.7 Å². The van der Waals surface area contributed by atoms with Crippen LogP contribution in [0.1, 0.15) is 72.1 Å². The van der Waals surface area contributed by atoms with Crippen LogP contribution in [0.25, 0.3) is 0 Å². The lowest BCUT2D eigenvalue weighted by Crippen LogP contribution is -2.61. The van der Waals surface area contributed by atoms with Gasteiger partial charge in [-0.25, -0.2) is 4.79 Å². The minimum absolute atomic E-state index is 0.0175. The van der Waals surface area contributed by atoms with Crippen molar-refractivity contribution in [2.24, 2.45) is 28.6 Å². The molecule has 1 aliphatic heterocycles. The van der Waals surface area contributed by atoms with Gasteiger partial charge in [-0.3, -0.25) is 4.79 Å². The Morgan fingerprint density at radius 1 is 1.00 bits per heavy atom. The molecule has 0 unspecified atom stereocenters. The quantitative estimate of drug-likeness (QED) is 0.376. The second-order valence-corrected chi connectivity index (χ2v) is 12.4. The van der Waals surface area contributed by atoms with E-state index in [-0.39, 0.29) is 29.0 Å². The van der Waals surface area contributed by atoms with Gasteiger partial charge in [-0.05, 0) is 73.5 Å². The first kappa shape index (κ1) is 27.1.